The van der Waals surface area contributed by atoms with Crippen molar-refractivity contribution >= 4 is 17.3 Å². The van der Waals surface area contributed by atoms with E-state index in [9.17, 15) is 9.18 Å². The van der Waals surface area contributed by atoms with Crippen LogP contribution in [-0.2, 0) is 0 Å². The standard InChI is InChI=1S/C16H20FN5O/c1-10-15(11(2)20-19-10)22-7-5-21(6-8-22)14-9-12(16(18)23)3-4-13(14)17/h3-4,9H,5-8H2,1-2H3,(H2,18,23)(H,19,20). The van der Waals surface area contributed by atoms with Crippen LogP contribution in [0.3, 0.4) is 0 Å². The summed E-state index contributed by atoms with van der Waals surface area (Å²) in [6.45, 7) is 6.84. The molecule has 23 heavy (non-hydrogen) atoms. The van der Waals surface area contributed by atoms with Gasteiger partial charge in [-0.15, -0.1) is 0 Å². The Morgan fingerprint density at radius 3 is 2.43 bits per heavy atom. The van der Waals surface area contributed by atoms with Crippen LogP contribution in [-0.4, -0.2) is 42.3 Å². The zero-order valence-corrected chi connectivity index (χ0v) is 13.3. The van der Waals surface area contributed by atoms with Gasteiger partial charge in [-0.2, -0.15) is 5.10 Å². The van der Waals surface area contributed by atoms with Gasteiger partial charge < -0.3 is 15.5 Å². The van der Waals surface area contributed by atoms with Gasteiger partial charge in [-0.25, -0.2) is 4.39 Å². The molecule has 6 nitrogen and oxygen atoms in total. The monoisotopic (exact) mass is 317 g/mol. The molecule has 3 N–H and O–H groups in total. The van der Waals surface area contributed by atoms with Gasteiger partial charge in [0.25, 0.3) is 0 Å². The number of primary amides is 1. The maximum absolute atomic E-state index is 14.1. The first-order valence-electron chi connectivity index (χ1n) is 7.58. The van der Waals surface area contributed by atoms with E-state index >= 15 is 0 Å². The second kappa shape index (κ2) is 5.91. The highest BCUT2D eigenvalue weighted by atomic mass is 19.1. The Morgan fingerprint density at radius 2 is 1.87 bits per heavy atom. The first-order chi connectivity index (χ1) is 11.0. The third-order valence-electron chi connectivity index (χ3n) is 4.26. The second-order valence-corrected chi connectivity index (χ2v) is 5.79. The number of anilines is 2. The van der Waals surface area contributed by atoms with E-state index in [1.54, 1.807) is 0 Å². The van der Waals surface area contributed by atoms with Crippen LogP contribution in [0.5, 0.6) is 0 Å². The van der Waals surface area contributed by atoms with E-state index in [0.717, 1.165) is 30.2 Å². The summed E-state index contributed by atoms with van der Waals surface area (Å²) in [5.74, 6) is -0.881. The van der Waals surface area contributed by atoms with Crippen LogP contribution >= 0.6 is 0 Å². The molecule has 7 heteroatoms. The van der Waals surface area contributed by atoms with E-state index in [1.807, 2.05) is 18.7 Å². The molecule has 1 saturated heterocycles. The minimum Gasteiger partial charge on any atom is -0.366 e. The Kier molecular flexibility index (Phi) is 3.94. The predicted molar refractivity (Wildman–Crippen MR) is 87.4 cm³/mol. The second-order valence-electron chi connectivity index (χ2n) is 5.79. The van der Waals surface area contributed by atoms with Gasteiger partial charge in [0.05, 0.1) is 22.8 Å². The molecule has 0 saturated carbocycles. The summed E-state index contributed by atoms with van der Waals surface area (Å²) in [5.41, 5.74) is 9.17. The summed E-state index contributed by atoms with van der Waals surface area (Å²) in [5, 5.41) is 7.21. The molecular weight excluding hydrogens is 297 g/mol. The number of rotatable bonds is 3. The topological polar surface area (TPSA) is 78.2 Å². The number of aryl methyl sites for hydroxylation is 2. The smallest absolute Gasteiger partial charge is 0.248 e. The van der Waals surface area contributed by atoms with E-state index in [2.05, 4.69) is 15.1 Å². The molecule has 0 spiro atoms. The normalized spacial score (nSPS) is 15.1. The highest BCUT2D eigenvalue weighted by Crippen LogP contribution is 2.26. The van der Waals surface area contributed by atoms with E-state index in [0.29, 0.717) is 24.3 Å². The fourth-order valence-electron chi connectivity index (χ4n) is 3.09. The fourth-order valence-corrected chi connectivity index (χ4v) is 3.09. The van der Waals surface area contributed by atoms with Gasteiger partial charge in [-0.3, -0.25) is 9.89 Å². The molecule has 1 aromatic heterocycles. The van der Waals surface area contributed by atoms with Gasteiger partial charge in [0.2, 0.25) is 5.91 Å². The first kappa shape index (κ1) is 15.3. The minimum atomic E-state index is -0.547. The highest BCUT2D eigenvalue weighted by Gasteiger charge is 2.23. The van der Waals surface area contributed by atoms with Crippen LogP contribution in [0.4, 0.5) is 15.8 Å². The van der Waals surface area contributed by atoms with Crippen LogP contribution in [0, 0.1) is 19.7 Å². The Morgan fingerprint density at radius 1 is 1.22 bits per heavy atom. The minimum absolute atomic E-state index is 0.324. The predicted octanol–water partition coefficient (Wildman–Crippen LogP) is 1.59. The zero-order chi connectivity index (χ0) is 16.6. The van der Waals surface area contributed by atoms with E-state index in [4.69, 9.17) is 5.73 Å². The van der Waals surface area contributed by atoms with Crippen molar-refractivity contribution in [3.05, 3.63) is 41.0 Å². The molecule has 1 aliphatic rings. The van der Waals surface area contributed by atoms with Crippen LogP contribution in [0.1, 0.15) is 21.7 Å². The number of H-pyrrole nitrogens is 1. The number of halogens is 1. The molecule has 3 rings (SSSR count). The van der Waals surface area contributed by atoms with Crippen molar-refractivity contribution < 1.29 is 9.18 Å². The average Bonchev–Trinajstić information content (AvgIpc) is 2.87. The largest absolute Gasteiger partial charge is 0.366 e. The van der Waals surface area contributed by atoms with Crippen LogP contribution < -0.4 is 15.5 Å². The lowest BCUT2D eigenvalue weighted by atomic mass is 10.1. The van der Waals surface area contributed by atoms with Crippen LogP contribution in [0.25, 0.3) is 0 Å². The SMILES string of the molecule is Cc1n[nH]c(C)c1N1CCN(c2cc(C(N)=O)ccc2F)CC1. The number of hydrogen-bond acceptors (Lipinski definition) is 4. The Labute approximate surface area is 134 Å². The zero-order valence-electron chi connectivity index (χ0n) is 13.3. The summed E-state index contributed by atoms with van der Waals surface area (Å²) in [6.07, 6.45) is 0. The maximum atomic E-state index is 14.1. The quantitative estimate of drug-likeness (QED) is 0.901. The molecule has 0 aliphatic carbocycles. The molecule has 2 aromatic rings. The number of nitrogens with zero attached hydrogens (tertiary/aromatic N) is 3. The molecule has 2 heterocycles. The van der Waals surface area contributed by atoms with Crippen LogP contribution in [0.2, 0.25) is 0 Å². The summed E-state index contributed by atoms with van der Waals surface area (Å²) in [4.78, 5) is 15.5. The number of piperazine rings is 1. The van der Waals surface area contributed by atoms with E-state index < -0.39 is 5.91 Å². The molecule has 0 atom stereocenters. The van der Waals surface area contributed by atoms with Crippen molar-refractivity contribution in [2.24, 2.45) is 5.73 Å². The number of amides is 1. The van der Waals surface area contributed by atoms with E-state index in [-0.39, 0.29) is 5.82 Å². The lowest BCUT2D eigenvalue weighted by Crippen LogP contribution is -2.47. The fraction of sp³-hybridized carbons (Fsp3) is 0.375. The number of hydrogen-bond donors (Lipinski definition) is 2. The molecule has 1 aromatic carbocycles. The van der Waals surface area contributed by atoms with Gasteiger partial charge in [-0.05, 0) is 32.0 Å². The van der Waals surface area contributed by atoms with Crippen LogP contribution in [0.15, 0.2) is 18.2 Å². The first-order valence-corrected chi connectivity index (χ1v) is 7.58. The number of nitrogens with one attached hydrogen (secondary N) is 1. The summed E-state index contributed by atoms with van der Waals surface area (Å²) >= 11 is 0. The average molecular weight is 317 g/mol. The number of benzene rings is 1. The van der Waals surface area contributed by atoms with Gasteiger partial charge in [0, 0.05) is 31.7 Å². The molecule has 122 valence electrons. The van der Waals surface area contributed by atoms with Gasteiger partial charge in [0.1, 0.15) is 5.82 Å². The summed E-state index contributed by atoms with van der Waals surface area (Å²) in [6, 6.07) is 4.24. The lowest BCUT2D eigenvalue weighted by molar-refractivity contribution is 0.100. The van der Waals surface area contributed by atoms with Gasteiger partial charge in [-0.1, -0.05) is 0 Å². The number of aromatic amines is 1. The third-order valence-corrected chi connectivity index (χ3v) is 4.26. The molecule has 0 bridgehead atoms. The van der Waals surface area contributed by atoms with Crippen molar-refractivity contribution in [1.29, 1.82) is 0 Å². The van der Waals surface area contributed by atoms with Crippen molar-refractivity contribution in [2.45, 2.75) is 13.8 Å². The highest BCUT2D eigenvalue weighted by molar-refractivity contribution is 5.93. The number of nitrogens with two attached hydrogens (primary N) is 1. The summed E-state index contributed by atoms with van der Waals surface area (Å²) < 4.78 is 14.1. The molecular formula is C16H20FN5O. The number of aromatic nitrogens is 2. The Balaban J connectivity index is 1.77. The molecule has 0 radical (unpaired) electrons. The third kappa shape index (κ3) is 2.86. The molecule has 1 aliphatic heterocycles. The van der Waals surface area contributed by atoms with Crippen molar-refractivity contribution in [1.82, 2.24) is 10.2 Å². The van der Waals surface area contributed by atoms with Gasteiger partial charge in [0.15, 0.2) is 0 Å². The maximum Gasteiger partial charge on any atom is 0.248 e. The number of carbonyl (C=O) groups excluding carboxylic acids is 1. The lowest BCUT2D eigenvalue weighted by Gasteiger charge is -2.37. The molecule has 0 unspecified atom stereocenters. The Bertz CT molecular complexity index is 715. The number of carbonyl (C=O) groups is 1. The summed E-state index contributed by atoms with van der Waals surface area (Å²) in [7, 11) is 0. The Hall–Kier alpha value is -2.57. The van der Waals surface area contributed by atoms with E-state index in [1.165, 1.54) is 18.2 Å². The van der Waals surface area contributed by atoms with Crippen molar-refractivity contribution in [3.63, 3.8) is 0 Å². The molecule has 1 fully saturated rings. The molecule has 1 amide bonds. The van der Waals surface area contributed by atoms with Gasteiger partial charge >= 0.3 is 0 Å². The van der Waals surface area contributed by atoms with Crippen molar-refractivity contribution in [2.75, 3.05) is 36.0 Å². The van der Waals surface area contributed by atoms with Crippen molar-refractivity contribution in [3.8, 4) is 0 Å².